The van der Waals surface area contributed by atoms with Crippen LogP contribution in [0.5, 0.6) is 0 Å². The Balaban J connectivity index is 1.78. The number of aryl methyl sites for hydroxylation is 1. The zero-order chi connectivity index (χ0) is 15.9. The molecule has 1 fully saturated rings. The molecule has 1 aliphatic rings. The molecule has 1 saturated carbocycles. The van der Waals surface area contributed by atoms with E-state index in [2.05, 4.69) is 41.2 Å². The highest BCUT2D eigenvalue weighted by Crippen LogP contribution is 2.39. The molecule has 2 aromatic rings. The first-order chi connectivity index (χ1) is 10.4. The van der Waals surface area contributed by atoms with Gasteiger partial charge in [0.25, 0.3) is 5.78 Å². The van der Waals surface area contributed by atoms with E-state index in [-0.39, 0.29) is 0 Å². The van der Waals surface area contributed by atoms with Crippen molar-refractivity contribution >= 4 is 23.2 Å². The molecule has 0 unspecified atom stereocenters. The van der Waals surface area contributed by atoms with Crippen LogP contribution in [-0.4, -0.2) is 25.6 Å². The molecular weight excluding hydrogens is 298 g/mol. The number of aromatic nitrogens is 4. The molecule has 0 spiro atoms. The highest BCUT2D eigenvalue weighted by molar-refractivity contribution is 6.33. The predicted molar refractivity (Wildman–Crippen MR) is 89.4 cm³/mol. The number of hydrogen-bond donors (Lipinski definition) is 1. The maximum absolute atomic E-state index is 6.44. The molecule has 22 heavy (non-hydrogen) atoms. The molecule has 0 bridgehead atoms. The van der Waals surface area contributed by atoms with Gasteiger partial charge in [0, 0.05) is 6.04 Å². The van der Waals surface area contributed by atoms with Crippen LogP contribution in [0.4, 0.5) is 5.82 Å². The van der Waals surface area contributed by atoms with Crippen molar-refractivity contribution in [2.45, 2.75) is 59.4 Å². The number of hydrogen-bond acceptors (Lipinski definition) is 4. The number of nitrogens with zero attached hydrogens (tertiary/aromatic N) is 4. The molecule has 120 valence electrons. The second kappa shape index (κ2) is 5.69. The van der Waals surface area contributed by atoms with Crippen molar-refractivity contribution in [2.75, 3.05) is 5.32 Å². The summed E-state index contributed by atoms with van der Waals surface area (Å²) in [6.07, 6.45) is 6.35. The zero-order valence-electron chi connectivity index (χ0n) is 13.7. The van der Waals surface area contributed by atoms with Gasteiger partial charge in [-0.2, -0.15) is 14.6 Å². The Kier molecular flexibility index (Phi) is 4.02. The summed E-state index contributed by atoms with van der Waals surface area (Å²) < 4.78 is 1.70. The second-order valence-corrected chi connectivity index (χ2v) is 7.77. The molecule has 1 aliphatic carbocycles. The van der Waals surface area contributed by atoms with Crippen LogP contribution in [0.2, 0.25) is 5.02 Å². The summed E-state index contributed by atoms with van der Waals surface area (Å²) in [6, 6.07) is 0.435. The summed E-state index contributed by atoms with van der Waals surface area (Å²) in [6.45, 7) is 8.92. The molecule has 0 radical (unpaired) electrons. The van der Waals surface area contributed by atoms with Crippen LogP contribution in [0.3, 0.4) is 0 Å². The van der Waals surface area contributed by atoms with E-state index >= 15 is 0 Å². The molecule has 2 aromatic heterocycles. The quantitative estimate of drug-likeness (QED) is 0.904. The molecule has 0 atom stereocenters. The standard InChI is InChI=1S/C16H24ClN5/c1-10-13(17)14(22-15(20-10)18-9-19-22)21-12-7-5-11(6-8-12)16(2,3)4/h9,11-12,21H,5-8H2,1-4H3/t11-,12-. The smallest absolute Gasteiger partial charge is 0.254 e. The predicted octanol–water partition coefficient (Wildman–Crippen LogP) is 4.10. The second-order valence-electron chi connectivity index (χ2n) is 7.39. The molecule has 0 saturated heterocycles. The van der Waals surface area contributed by atoms with E-state index in [1.165, 1.54) is 19.2 Å². The van der Waals surface area contributed by atoms with E-state index in [0.717, 1.165) is 30.3 Å². The van der Waals surface area contributed by atoms with Crippen LogP contribution in [0.15, 0.2) is 6.33 Å². The Morgan fingerprint density at radius 3 is 2.55 bits per heavy atom. The molecule has 0 amide bonds. The summed E-state index contributed by atoms with van der Waals surface area (Å²) in [5.74, 6) is 2.21. The number of nitrogens with one attached hydrogen (secondary N) is 1. The molecule has 5 nitrogen and oxygen atoms in total. The lowest BCUT2D eigenvalue weighted by Crippen LogP contribution is -2.32. The average molecular weight is 322 g/mol. The first kappa shape index (κ1) is 15.5. The Bertz CT molecular complexity index is 665. The van der Waals surface area contributed by atoms with E-state index in [1.54, 1.807) is 4.52 Å². The van der Waals surface area contributed by atoms with E-state index in [0.29, 0.717) is 22.3 Å². The molecule has 3 rings (SSSR count). The van der Waals surface area contributed by atoms with Gasteiger partial charge in [0.2, 0.25) is 0 Å². The topological polar surface area (TPSA) is 55.1 Å². The third-order valence-corrected chi connectivity index (χ3v) is 5.28. The largest absolute Gasteiger partial charge is 0.366 e. The summed E-state index contributed by atoms with van der Waals surface area (Å²) in [7, 11) is 0. The van der Waals surface area contributed by atoms with E-state index in [9.17, 15) is 0 Å². The minimum Gasteiger partial charge on any atom is -0.366 e. The van der Waals surface area contributed by atoms with Crippen molar-refractivity contribution < 1.29 is 0 Å². The van der Waals surface area contributed by atoms with Gasteiger partial charge in [0.15, 0.2) is 5.82 Å². The molecule has 2 heterocycles. The molecule has 6 heteroatoms. The van der Waals surface area contributed by atoms with Crippen LogP contribution >= 0.6 is 11.6 Å². The first-order valence-electron chi connectivity index (χ1n) is 7.98. The van der Waals surface area contributed by atoms with Gasteiger partial charge < -0.3 is 5.32 Å². The summed E-state index contributed by atoms with van der Waals surface area (Å²) in [5, 5.41) is 8.45. The fourth-order valence-corrected chi connectivity index (χ4v) is 3.53. The fraction of sp³-hybridized carbons (Fsp3) is 0.688. The first-order valence-corrected chi connectivity index (χ1v) is 8.36. The van der Waals surface area contributed by atoms with Crippen molar-refractivity contribution in [1.82, 2.24) is 19.6 Å². The van der Waals surface area contributed by atoms with Gasteiger partial charge in [-0.1, -0.05) is 32.4 Å². The van der Waals surface area contributed by atoms with E-state index in [4.69, 9.17) is 11.6 Å². The van der Waals surface area contributed by atoms with Gasteiger partial charge in [-0.3, -0.25) is 0 Å². The van der Waals surface area contributed by atoms with E-state index in [1.807, 2.05) is 6.92 Å². The molecular formula is C16H24ClN5. The van der Waals surface area contributed by atoms with Crippen molar-refractivity contribution in [1.29, 1.82) is 0 Å². The minimum atomic E-state index is 0.398. The summed E-state index contributed by atoms with van der Waals surface area (Å²) >= 11 is 6.44. The van der Waals surface area contributed by atoms with Gasteiger partial charge >= 0.3 is 0 Å². The van der Waals surface area contributed by atoms with Gasteiger partial charge in [-0.15, -0.1) is 0 Å². The van der Waals surface area contributed by atoms with Crippen LogP contribution in [-0.2, 0) is 0 Å². The Morgan fingerprint density at radius 1 is 1.23 bits per heavy atom. The number of rotatable bonds is 2. The highest BCUT2D eigenvalue weighted by Gasteiger charge is 2.30. The zero-order valence-corrected chi connectivity index (χ0v) is 14.5. The van der Waals surface area contributed by atoms with Crippen LogP contribution in [0, 0.1) is 18.3 Å². The highest BCUT2D eigenvalue weighted by atomic mass is 35.5. The summed E-state index contributed by atoms with van der Waals surface area (Å²) in [4.78, 5) is 8.51. The maximum atomic E-state index is 6.44. The van der Waals surface area contributed by atoms with Crippen LogP contribution in [0.25, 0.3) is 5.78 Å². The Hall–Kier alpha value is -1.36. The lowest BCUT2D eigenvalue weighted by Gasteiger charge is -2.37. The normalized spacial score (nSPS) is 23.0. The van der Waals surface area contributed by atoms with Gasteiger partial charge in [-0.25, -0.2) is 4.98 Å². The van der Waals surface area contributed by atoms with Gasteiger partial charge in [0.1, 0.15) is 11.3 Å². The molecule has 0 aliphatic heterocycles. The Labute approximate surface area is 136 Å². The lowest BCUT2D eigenvalue weighted by molar-refractivity contribution is 0.173. The monoisotopic (exact) mass is 321 g/mol. The van der Waals surface area contributed by atoms with E-state index < -0.39 is 0 Å². The number of anilines is 1. The fourth-order valence-electron chi connectivity index (χ4n) is 3.35. The molecule has 1 N–H and O–H groups in total. The Morgan fingerprint density at radius 2 is 1.91 bits per heavy atom. The molecule has 0 aromatic carbocycles. The SMILES string of the molecule is Cc1nc2ncnn2c(N[C@H]2CC[C@H](C(C)(C)C)CC2)c1Cl. The van der Waals surface area contributed by atoms with Gasteiger partial charge in [0.05, 0.1) is 5.69 Å². The van der Waals surface area contributed by atoms with Crippen molar-refractivity contribution in [3.8, 4) is 0 Å². The average Bonchev–Trinajstić information content (AvgIpc) is 2.91. The van der Waals surface area contributed by atoms with Gasteiger partial charge in [-0.05, 0) is 43.9 Å². The third kappa shape index (κ3) is 2.91. The van der Waals surface area contributed by atoms with Crippen molar-refractivity contribution in [3.05, 3.63) is 17.0 Å². The number of fused-ring (bicyclic) bond motifs is 1. The van der Waals surface area contributed by atoms with Crippen molar-refractivity contribution in [2.24, 2.45) is 11.3 Å². The van der Waals surface area contributed by atoms with Crippen LogP contribution in [0.1, 0.15) is 52.1 Å². The number of halogens is 1. The van der Waals surface area contributed by atoms with Crippen LogP contribution < -0.4 is 5.32 Å². The maximum Gasteiger partial charge on any atom is 0.254 e. The third-order valence-electron chi connectivity index (χ3n) is 4.83. The summed E-state index contributed by atoms with van der Waals surface area (Å²) in [5.41, 5.74) is 1.18. The van der Waals surface area contributed by atoms with Crippen molar-refractivity contribution in [3.63, 3.8) is 0 Å². The minimum absolute atomic E-state index is 0.398. The lowest BCUT2D eigenvalue weighted by atomic mass is 9.71.